The molecule has 0 fully saturated rings. The van der Waals surface area contributed by atoms with Crippen molar-refractivity contribution in [1.29, 1.82) is 0 Å². The van der Waals surface area contributed by atoms with Crippen molar-refractivity contribution in [3.63, 3.8) is 0 Å². The van der Waals surface area contributed by atoms with Crippen LogP contribution >= 0.6 is 0 Å². The third kappa shape index (κ3) is 5.34. The van der Waals surface area contributed by atoms with Gasteiger partial charge in [-0.25, -0.2) is 10.4 Å². The van der Waals surface area contributed by atoms with Crippen molar-refractivity contribution in [2.45, 2.75) is 46.2 Å². The van der Waals surface area contributed by atoms with Crippen molar-refractivity contribution in [2.24, 2.45) is 0 Å². The van der Waals surface area contributed by atoms with Gasteiger partial charge in [0.2, 0.25) is 0 Å². The van der Waals surface area contributed by atoms with Gasteiger partial charge in [-0.2, -0.15) is 0 Å². The van der Waals surface area contributed by atoms with E-state index in [1.807, 2.05) is 38.2 Å². The Morgan fingerprint density at radius 1 is 1.22 bits per heavy atom. The van der Waals surface area contributed by atoms with Gasteiger partial charge in [0.25, 0.3) is 0 Å². The molecule has 0 spiro atoms. The normalized spacial score (nSPS) is 19.1. The summed E-state index contributed by atoms with van der Waals surface area (Å²) >= 11 is 0. The first-order chi connectivity index (χ1) is 13.2. The number of aromatic amines is 1. The third-order valence-electron chi connectivity index (χ3n) is 4.26. The average Bonchev–Trinajstić information content (AvgIpc) is 3.31. The van der Waals surface area contributed by atoms with Gasteiger partial charge in [0, 0.05) is 5.70 Å². The van der Waals surface area contributed by atoms with E-state index >= 15 is 0 Å². The zero-order valence-electron chi connectivity index (χ0n) is 16.6. The molecule has 1 aromatic rings. The maximum Gasteiger partial charge on any atom is 0.155 e. The number of aromatic nitrogens is 2. The van der Waals surface area contributed by atoms with Crippen LogP contribution in [0.1, 0.15) is 45.9 Å². The van der Waals surface area contributed by atoms with Gasteiger partial charge in [-0.3, -0.25) is 0 Å². The average molecular weight is 366 g/mol. The summed E-state index contributed by atoms with van der Waals surface area (Å²) in [6, 6.07) is 0. The van der Waals surface area contributed by atoms with Gasteiger partial charge < -0.3 is 15.7 Å². The van der Waals surface area contributed by atoms with E-state index in [-0.39, 0.29) is 6.17 Å². The molecule has 1 unspecified atom stereocenters. The molecule has 0 bridgehead atoms. The monoisotopic (exact) mass is 365 g/mol. The summed E-state index contributed by atoms with van der Waals surface area (Å²) in [5.41, 5.74) is 9.56. The van der Waals surface area contributed by atoms with Crippen molar-refractivity contribution in [3.8, 4) is 0 Å². The molecule has 0 saturated carbocycles. The molecule has 0 aromatic carbocycles. The van der Waals surface area contributed by atoms with Crippen LogP contribution in [0.3, 0.4) is 0 Å². The van der Waals surface area contributed by atoms with Crippen LogP contribution in [-0.4, -0.2) is 16.1 Å². The molecular formula is C22H31N5. The number of allylic oxidation sites excluding steroid dienone is 4. The second kappa shape index (κ2) is 10.4. The van der Waals surface area contributed by atoms with Gasteiger partial charge in [0.15, 0.2) is 5.82 Å². The lowest BCUT2D eigenvalue weighted by Crippen LogP contribution is -2.41. The minimum atomic E-state index is -0.0474. The molecule has 0 radical (unpaired) electrons. The first kappa shape index (κ1) is 20.5. The van der Waals surface area contributed by atoms with Crippen molar-refractivity contribution in [1.82, 2.24) is 26.1 Å². The highest BCUT2D eigenvalue weighted by molar-refractivity contribution is 5.60. The first-order valence-corrected chi connectivity index (χ1v) is 9.49. The second-order valence-corrected chi connectivity index (χ2v) is 6.19. The van der Waals surface area contributed by atoms with Gasteiger partial charge in [0.05, 0.1) is 16.4 Å². The molecule has 1 atom stereocenters. The van der Waals surface area contributed by atoms with E-state index in [0.29, 0.717) is 0 Å². The standard InChI is InChI=1S/C22H31N5/c1-6-11-12-14-16(8-3)19(13-7-2)23-21-15-20(26-27-21)22-24-17(9-4)18(10-5)25-22/h6,8-10,13-15,21,23,26-27H,1,3,7,11-12H2,2,4-5H3,(H,24,25)/b16-14+,17-9+,18-10+,19-13+. The number of unbranched alkanes of at least 4 members (excludes halogenated alkanes) is 1. The van der Waals surface area contributed by atoms with E-state index in [1.54, 1.807) is 0 Å². The number of nitrogens with zero attached hydrogens (tertiary/aromatic N) is 1. The van der Waals surface area contributed by atoms with E-state index in [1.165, 1.54) is 0 Å². The fourth-order valence-electron chi connectivity index (χ4n) is 2.88. The van der Waals surface area contributed by atoms with Gasteiger partial charge >= 0.3 is 0 Å². The molecule has 1 aliphatic rings. The van der Waals surface area contributed by atoms with Crippen LogP contribution < -0.4 is 26.9 Å². The molecule has 5 nitrogen and oxygen atoms in total. The Labute approximate surface area is 162 Å². The van der Waals surface area contributed by atoms with Gasteiger partial charge in [0.1, 0.15) is 6.17 Å². The van der Waals surface area contributed by atoms with Crippen molar-refractivity contribution < 1.29 is 0 Å². The molecule has 0 aliphatic carbocycles. The molecule has 4 N–H and O–H groups in total. The maximum atomic E-state index is 4.64. The fraction of sp³-hybridized carbons (Fsp3) is 0.318. The van der Waals surface area contributed by atoms with Gasteiger partial charge in [-0.05, 0) is 44.8 Å². The quantitative estimate of drug-likeness (QED) is 0.309. The molecule has 2 rings (SSSR count). The van der Waals surface area contributed by atoms with Crippen LogP contribution in [0.15, 0.2) is 54.8 Å². The summed E-state index contributed by atoms with van der Waals surface area (Å²) in [4.78, 5) is 7.98. The summed E-state index contributed by atoms with van der Waals surface area (Å²) in [5.74, 6) is 0.819. The van der Waals surface area contributed by atoms with Crippen LogP contribution in [0.2, 0.25) is 0 Å². The molecule has 27 heavy (non-hydrogen) atoms. The minimum absolute atomic E-state index is 0.0474. The van der Waals surface area contributed by atoms with Crippen LogP contribution in [0.5, 0.6) is 0 Å². The van der Waals surface area contributed by atoms with Gasteiger partial charge in [-0.1, -0.05) is 50.0 Å². The van der Waals surface area contributed by atoms with E-state index in [2.05, 4.69) is 64.4 Å². The fourth-order valence-corrected chi connectivity index (χ4v) is 2.88. The zero-order valence-corrected chi connectivity index (χ0v) is 16.6. The molecule has 1 aliphatic heterocycles. The molecule has 0 amide bonds. The lowest BCUT2D eigenvalue weighted by molar-refractivity contribution is 0.536. The zero-order chi connectivity index (χ0) is 19.6. The summed E-state index contributed by atoms with van der Waals surface area (Å²) in [6.45, 7) is 13.9. The Morgan fingerprint density at radius 3 is 2.63 bits per heavy atom. The lowest BCUT2D eigenvalue weighted by Gasteiger charge is -2.17. The Bertz CT molecular complexity index is 836. The number of imidazole rings is 1. The van der Waals surface area contributed by atoms with E-state index in [9.17, 15) is 0 Å². The minimum Gasteiger partial charge on any atom is -0.365 e. The summed E-state index contributed by atoms with van der Waals surface area (Å²) in [5, 5.41) is 5.51. The van der Waals surface area contributed by atoms with Crippen LogP contribution in [0.4, 0.5) is 0 Å². The third-order valence-corrected chi connectivity index (χ3v) is 4.26. The highest BCUT2D eigenvalue weighted by Gasteiger charge is 2.18. The molecule has 0 saturated heterocycles. The predicted octanol–water partition coefficient (Wildman–Crippen LogP) is 2.75. The lowest BCUT2D eigenvalue weighted by atomic mass is 10.1. The smallest absolute Gasteiger partial charge is 0.155 e. The number of hydrogen-bond acceptors (Lipinski definition) is 4. The van der Waals surface area contributed by atoms with E-state index in [0.717, 1.165) is 52.8 Å². The Kier molecular flexibility index (Phi) is 7.89. The van der Waals surface area contributed by atoms with Crippen molar-refractivity contribution in [2.75, 3.05) is 0 Å². The summed E-state index contributed by atoms with van der Waals surface area (Å²) < 4.78 is 0. The van der Waals surface area contributed by atoms with Crippen LogP contribution in [0, 0.1) is 0 Å². The summed E-state index contributed by atoms with van der Waals surface area (Å²) in [7, 11) is 0. The molecule has 1 aromatic heterocycles. The van der Waals surface area contributed by atoms with Crippen LogP contribution in [-0.2, 0) is 0 Å². The number of nitrogens with one attached hydrogen (secondary N) is 4. The molecule has 2 heterocycles. The van der Waals surface area contributed by atoms with E-state index < -0.39 is 0 Å². The van der Waals surface area contributed by atoms with E-state index in [4.69, 9.17) is 0 Å². The number of hydrazine groups is 1. The topological polar surface area (TPSA) is 64.8 Å². The Morgan fingerprint density at radius 2 is 2.04 bits per heavy atom. The highest BCUT2D eigenvalue weighted by Crippen LogP contribution is 2.15. The van der Waals surface area contributed by atoms with Gasteiger partial charge in [-0.15, -0.1) is 6.58 Å². The number of rotatable bonds is 9. The Hall–Kier alpha value is -2.79. The van der Waals surface area contributed by atoms with Crippen molar-refractivity contribution >= 4 is 17.8 Å². The number of H-pyrrole nitrogens is 1. The SMILES string of the molecule is C=CCC/C=C(C=C)/C(=C\CC)NC1C=C(c2nc(=C/C)/c(=C\C)[nH]2)NN1. The second-order valence-electron chi connectivity index (χ2n) is 6.19. The first-order valence-electron chi connectivity index (χ1n) is 9.49. The predicted molar refractivity (Wildman–Crippen MR) is 115 cm³/mol. The summed E-state index contributed by atoms with van der Waals surface area (Å²) in [6.07, 6.45) is 17.1. The molecule has 5 heteroatoms. The number of hydrogen-bond donors (Lipinski definition) is 4. The maximum absolute atomic E-state index is 4.64. The molecule has 144 valence electrons. The highest BCUT2D eigenvalue weighted by atomic mass is 15.4. The van der Waals surface area contributed by atoms with Crippen LogP contribution in [0.25, 0.3) is 17.8 Å². The largest absolute Gasteiger partial charge is 0.365 e. The molecular weight excluding hydrogens is 334 g/mol. The Balaban J connectivity index is 2.19. The van der Waals surface area contributed by atoms with Crippen molar-refractivity contribution in [3.05, 3.63) is 71.3 Å².